The maximum Gasteiger partial charge on any atom is 0.415 e. The lowest BCUT2D eigenvalue weighted by atomic mass is 10.3. The van der Waals surface area contributed by atoms with E-state index in [0.717, 1.165) is 4.90 Å². The number of carbonyl (C=O) groups is 2. The number of nitrogens with zero attached hydrogens (tertiary/aromatic N) is 1. The van der Waals surface area contributed by atoms with Crippen LogP contribution < -0.4 is 4.90 Å². The minimum absolute atomic E-state index is 0.0276. The van der Waals surface area contributed by atoms with Gasteiger partial charge in [0.1, 0.15) is 13.2 Å². The van der Waals surface area contributed by atoms with Crippen LogP contribution in [0.15, 0.2) is 30.9 Å². The molecule has 7 heteroatoms. The van der Waals surface area contributed by atoms with Gasteiger partial charge in [0.05, 0.1) is 10.7 Å². The molecule has 0 aliphatic carbocycles. The fraction of sp³-hybridized carbons (Fsp3) is 0.167. The molecule has 1 rings (SSSR count). The van der Waals surface area contributed by atoms with Gasteiger partial charge < -0.3 is 9.84 Å². The summed E-state index contributed by atoms with van der Waals surface area (Å²) < 4.78 is 4.81. The van der Waals surface area contributed by atoms with E-state index in [1.807, 2.05) is 0 Å². The van der Waals surface area contributed by atoms with Crippen LogP contribution in [0, 0.1) is 0 Å². The van der Waals surface area contributed by atoms with Gasteiger partial charge >= 0.3 is 12.1 Å². The molecule has 5 nitrogen and oxygen atoms in total. The Morgan fingerprint density at radius 1 is 1.42 bits per heavy atom. The summed E-state index contributed by atoms with van der Waals surface area (Å²) in [5, 5.41) is 9.36. The molecule has 0 fully saturated rings. The minimum Gasteiger partial charge on any atom is -0.480 e. The van der Waals surface area contributed by atoms with Gasteiger partial charge in [-0.3, -0.25) is 9.69 Å². The molecule has 0 aliphatic rings. The summed E-state index contributed by atoms with van der Waals surface area (Å²) in [4.78, 5) is 23.5. The van der Waals surface area contributed by atoms with Gasteiger partial charge in [0.2, 0.25) is 0 Å². The Labute approximate surface area is 120 Å². The van der Waals surface area contributed by atoms with Crippen molar-refractivity contribution >= 4 is 41.0 Å². The number of carbonyl (C=O) groups excluding carboxylic acids is 1. The van der Waals surface area contributed by atoms with E-state index >= 15 is 0 Å². The molecule has 19 heavy (non-hydrogen) atoms. The molecule has 0 unspecified atom stereocenters. The third-order valence-corrected chi connectivity index (χ3v) is 2.58. The first-order chi connectivity index (χ1) is 8.95. The summed E-state index contributed by atoms with van der Waals surface area (Å²) in [7, 11) is 0. The van der Waals surface area contributed by atoms with Gasteiger partial charge in [0, 0.05) is 5.02 Å². The molecule has 0 atom stereocenters. The molecular formula is C12H11Cl2NO4. The van der Waals surface area contributed by atoms with Crippen LogP contribution >= 0.6 is 23.2 Å². The minimum atomic E-state index is -1.19. The Bertz CT molecular complexity index is 505. The van der Waals surface area contributed by atoms with Crippen LogP contribution in [0.3, 0.4) is 0 Å². The van der Waals surface area contributed by atoms with E-state index in [4.69, 9.17) is 33.0 Å². The van der Waals surface area contributed by atoms with Crippen molar-refractivity contribution < 1.29 is 19.4 Å². The highest BCUT2D eigenvalue weighted by atomic mass is 35.5. The van der Waals surface area contributed by atoms with Crippen molar-refractivity contribution in [1.82, 2.24) is 0 Å². The number of anilines is 1. The van der Waals surface area contributed by atoms with E-state index in [1.165, 1.54) is 24.3 Å². The number of hydrogen-bond donors (Lipinski definition) is 1. The van der Waals surface area contributed by atoms with Gasteiger partial charge in [-0.2, -0.15) is 0 Å². The molecule has 1 N–H and O–H groups in total. The number of halogens is 2. The van der Waals surface area contributed by atoms with Crippen molar-refractivity contribution in [2.45, 2.75) is 0 Å². The number of benzene rings is 1. The summed E-state index contributed by atoms with van der Waals surface area (Å²) in [5.74, 6) is -1.19. The standard InChI is InChI=1S/C12H11Cl2NO4/c1-2-5-19-12(18)15(7-11(16)17)10-4-3-8(13)6-9(10)14/h2-4,6H,1,5,7H2,(H,16,17). The number of carboxylic acid groups (broad SMARTS) is 1. The van der Waals surface area contributed by atoms with Gasteiger partial charge in [0.15, 0.2) is 0 Å². The average molecular weight is 304 g/mol. The molecule has 102 valence electrons. The van der Waals surface area contributed by atoms with Crippen molar-refractivity contribution in [3.05, 3.63) is 40.9 Å². The topological polar surface area (TPSA) is 66.8 Å². The second-order valence-corrected chi connectivity index (χ2v) is 4.28. The first-order valence-electron chi connectivity index (χ1n) is 5.17. The van der Waals surface area contributed by atoms with E-state index in [2.05, 4.69) is 6.58 Å². The Balaban J connectivity index is 3.04. The predicted molar refractivity (Wildman–Crippen MR) is 73.0 cm³/mol. The molecule has 0 spiro atoms. The van der Waals surface area contributed by atoms with Crippen molar-refractivity contribution in [2.24, 2.45) is 0 Å². The lowest BCUT2D eigenvalue weighted by molar-refractivity contribution is -0.135. The van der Waals surface area contributed by atoms with Crippen LogP contribution in [0.25, 0.3) is 0 Å². The van der Waals surface area contributed by atoms with Crippen LogP contribution in [-0.4, -0.2) is 30.3 Å². The van der Waals surface area contributed by atoms with Gasteiger partial charge in [-0.15, -0.1) is 0 Å². The molecule has 1 aromatic rings. The Morgan fingerprint density at radius 2 is 2.11 bits per heavy atom. The fourth-order valence-electron chi connectivity index (χ4n) is 1.29. The molecule has 1 amide bonds. The maximum atomic E-state index is 11.8. The lowest BCUT2D eigenvalue weighted by Gasteiger charge is -2.21. The van der Waals surface area contributed by atoms with Crippen molar-refractivity contribution in [1.29, 1.82) is 0 Å². The van der Waals surface area contributed by atoms with Crippen molar-refractivity contribution in [3.63, 3.8) is 0 Å². The zero-order valence-corrected chi connectivity index (χ0v) is 11.3. The summed E-state index contributed by atoms with van der Waals surface area (Å²) in [6.07, 6.45) is 0.548. The first-order valence-corrected chi connectivity index (χ1v) is 5.93. The number of aliphatic carboxylic acids is 1. The van der Waals surface area contributed by atoms with Crippen LogP contribution in [0.1, 0.15) is 0 Å². The largest absolute Gasteiger partial charge is 0.480 e. The van der Waals surface area contributed by atoms with Crippen molar-refractivity contribution in [2.75, 3.05) is 18.1 Å². The molecule has 1 aromatic carbocycles. The van der Waals surface area contributed by atoms with Gasteiger partial charge in [-0.25, -0.2) is 4.79 Å². The molecule has 0 aliphatic heterocycles. The highest BCUT2D eigenvalue weighted by Crippen LogP contribution is 2.29. The summed E-state index contributed by atoms with van der Waals surface area (Å²) in [6.45, 7) is 2.80. The van der Waals surface area contributed by atoms with Crippen LogP contribution in [0.5, 0.6) is 0 Å². The highest BCUT2D eigenvalue weighted by Gasteiger charge is 2.22. The molecule has 0 saturated heterocycles. The molecule has 0 bridgehead atoms. The molecule has 0 heterocycles. The zero-order valence-electron chi connectivity index (χ0n) is 9.81. The third kappa shape index (κ3) is 4.46. The second kappa shape index (κ2) is 7.01. The fourth-order valence-corrected chi connectivity index (χ4v) is 1.80. The summed E-state index contributed by atoms with van der Waals surface area (Å²) in [5.41, 5.74) is 0.211. The molecule has 0 radical (unpaired) electrons. The zero-order chi connectivity index (χ0) is 14.4. The average Bonchev–Trinajstić information content (AvgIpc) is 2.33. The van der Waals surface area contributed by atoms with Crippen molar-refractivity contribution in [3.8, 4) is 0 Å². The summed E-state index contributed by atoms with van der Waals surface area (Å²) >= 11 is 11.7. The predicted octanol–water partition coefficient (Wildman–Crippen LogP) is 3.21. The monoisotopic (exact) mass is 303 g/mol. The van der Waals surface area contributed by atoms with E-state index in [9.17, 15) is 9.59 Å². The number of amides is 1. The van der Waals surface area contributed by atoms with Gasteiger partial charge in [0.25, 0.3) is 0 Å². The smallest absolute Gasteiger partial charge is 0.415 e. The first kappa shape index (κ1) is 15.3. The van der Waals surface area contributed by atoms with Gasteiger partial charge in [-0.1, -0.05) is 35.9 Å². The number of carboxylic acids is 1. The maximum absolute atomic E-state index is 11.8. The number of rotatable bonds is 5. The van der Waals surface area contributed by atoms with E-state index in [-0.39, 0.29) is 17.3 Å². The second-order valence-electron chi connectivity index (χ2n) is 3.44. The van der Waals surface area contributed by atoms with E-state index in [1.54, 1.807) is 0 Å². The van der Waals surface area contributed by atoms with Crippen LogP contribution in [0.4, 0.5) is 10.5 Å². The van der Waals surface area contributed by atoms with Crippen LogP contribution in [-0.2, 0) is 9.53 Å². The van der Waals surface area contributed by atoms with E-state index in [0.29, 0.717) is 5.02 Å². The SMILES string of the molecule is C=CCOC(=O)N(CC(=O)O)c1ccc(Cl)cc1Cl. The molecule has 0 saturated carbocycles. The summed E-state index contributed by atoms with van der Waals surface area (Å²) in [6, 6.07) is 4.36. The third-order valence-electron chi connectivity index (χ3n) is 2.04. The Hall–Kier alpha value is -1.72. The number of hydrogen-bond acceptors (Lipinski definition) is 3. The highest BCUT2D eigenvalue weighted by molar-refractivity contribution is 6.36. The quantitative estimate of drug-likeness (QED) is 0.848. The number of ether oxygens (including phenoxy) is 1. The molecule has 0 aromatic heterocycles. The Morgan fingerprint density at radius 3 is 2.63 bits per heavy atom. The normalized spacial score (nSPS) is 9.79. The van der Waals surface area contributed by atoms with Crippen LogP contribution in [0.2, 0.25) is 10.0 Å². The van der Waals surface area contributed by atoms with Gasteiger partial charge in [-0.05, 0) is 18.2 Å². The molecular weight excluding hydrogens is 293 g/mol. The Kier molecular flexibility index (Phi) is 5.66. The van der Waals surface area contributed by atoms with E-state index < -0.39 is 18.6 Å². The lowest BCUT2D eigenvalue weighted by Crippen LogP contribution is -2.36.